The maximum absolute atomic E-state index is 5.44. The molecule has 0 aliphatic carbocycles. The van der Waals surface area contributed by atoms with Gasteiger partial charge in [-0.25, -0.2) is 4.98 Å². The molecule has 4 nitrogen and oxygen atoms in total. The molecular weight excluding hydrogens is 250 g/mol. The molecule has 1 aliphatic rings. The molecule has 1 aromatic heterocycles. The van der Waals surface area contributed by atoms with Crippen LogP contribution in [0.3, 0.4) is 0 Å². The fourth-order valence-electron chi connectivity index (χ4n) is 2.72. The molecule has 1 aliphatic heterocycles. The predicted octanol–water partition coefficient (Wildman–Crippen LogP) is 2.28. The van der Waals surface area contributed by atoms with Gasteiger partial charge in [0.05, 0.1) is 6.04 Å². The van der Waals surface area contributed by atoms with Crippen molar-refractivity contribution in [2.24, 2.45) is 7.05 Å². The van der Waals surface area contributed by atoms with Gasteiger partial charge in [0.25, 0.3) is 0 Å². The summed E-state index contributed by atoms with van der Waals surface area (Å²) in [5.41, 5.74) is 1.26. The van der Waals surface area contributed by atoms with Crippen LogP contribution in [-0.4, -0.2) is 28.8 Å². The number of hydrogen-bond acceptors (Lipinski definition) is 3. The Bertz CT molecular complexity index is 532. The van der Waals surface area contributed by atoms with Gasteiger partial charge in [0.15, 0.2) is 0 Å². The zero-order valence-electron chi connectivity index (χ0n) is 11.8. The molecule has 1 unspecified atom stereocenters. The molecule has 4 heteroatoms. The van der Waals surface area contributed by atoms with Gasteiger partial charge in [-0.1, -0.05) is 30.3 Å². The average molecular weight is 271 g/mol. The van der Waals surface area contributed by atoms with Crippen LogP contribution in [0, 0.1) is 0 Å². The van der Waals surface area contributed by atoms with Gasteiger partial charge in [-0.05, 0) is 18.4 Å². The summed E-state index contributed by atoms with van der Waals surface area (Å²) in [6.07, 6.45) is 5.98. The van der Waals surface area contributed by atoms with Crippen LogP contribution in [0.4, 0.5) is 0 Å². The highest BCUT2D eigenvalue weighted by molar-refractivity contribution is 5.25. The quantitative estimate of drug-likeness (QED) is 0.927. The lowest BCUT2D eigenvalue weighted by atomic mass is 10.0. The molecule has 0 spiro atoms. The molecular formula is C16H21N3O. The first-order valence-corrected chi connectivity index (χ1v) is 7.20. The van der Waals surface area contributed by atoms with Gasteiger partial charge in [-0.3, -0.25) is 0 Å². The van der Waals surface area contributed by atoms with Gasteiger partial charge in [-0.15, -0.1) is 0 Å². The number of nitrogens with zero attached hydrogens (tertiary/aromatic N) is 2. The first-order valence-electron chi connectivity index (χ1n) is 7.20. The largest absolute Gasteiger partial charge is 0.381 e. The van der Waals surface area contributed by atoms with Crippen LogP contribution in [0.5, 0.6) is 0 Å². The standard InChI is InChI=1S/C16H21N3O/c1-19-10-9-17-16(19)15(13-5-3-2-4-6-13)18-14-7-11-20-12-8-14/h2-6,9-10,14-15,18H,7-8,11-12H2,1H3. The highest BCUT2D eigenvalue weighted by atomic mass is 16.5. The summed E-state index contributed by atoms with van der Waals surface area (Å²) in [5.74, 6) is 1.06. The van der Waals surface area contributed by atoms with Crippen LogP contribution in [0.25, 0.3) is 0 Å². The van der Waals surface area contributed by atoms with E-state index in [4.69, 9.17) is 4.74 Å². The van der Waals surface area contributed by atoms with Gasteiger partial charge >= 0.3 is 0 Å². The number of hydrogen-bond donors (Lipinski definition) is 1. The predicted molar refractivity (Wildman–Crippen MR) is 78.5 cm³/mol. The summed E-state index contributed by atoms with van der Waals surface area (Å²) in [6, 6.07) is 11.2. The molecule has 0 saturated carbocycles. The summed E-state index contributed by atoms with van der Waals surface area (Å²) >= 11 is 0. The topological polar surface area (TPSA) is 39.1 Å². The van der Waals surface area contributed by atoms with E-state index in [-0.39, 0.29) is 6.04 Å². The lowest BCUT2D eigenvalue weighted by molar-refractivity contribution is 0.0757. The van der Waals surface area contributed by atoms with E-state index in [9.17, 15) is 0 Å². The molecule has 2 aromatic rings. The van der Waals surface area contributed by atoms with Crippen LogP contribution in [0.2, 0.25) is 0 Å². The van der Waals surface area contributed by atoms with E-state index >= 15 is 0 Å². The van der Waals surface area contributed by atoms with E-state index in [0.29, 0.717) is 6.04 Å². The lowest BCUT2D eigenvalue weighted by Gasteiger charge is -2.28. The Morgan fingerprint density at radius 2 is 2.00 bits per heavy atom. The Hall–Kier alpha value is -1.65. The molecule has 1 fully saturated rings. The van der Waals surface area contributed by atoms with E-state index in [2.05, 4.69) is 39.1 Å². The number of benzene rings is 1. The monoisotopic (exact) mass is 271 g/mol. The van der Waals surface area contributed by atoms with Crippen molar-refractivity contribution in [3.05, 3.63) is 54.1 Å². The summed E-state index contributed by atoms with van der Waals surface area (Å²) in [6.45, 7) is 1.69. The van der Waals surface area contributed by atoms with Crippen LogP contribution in [-0.2, 0) is 11.8 Å². The fourth-order valence-corrected chi connectivity index (χ4v) is 2.72. The van der Waals surface area contributed by atoms with Crippen molar-refractivity contribution in [3.8, 4) is 0 Å². The van der Waals surface area contributed by atoms with Gasteiger partial charge in [-0.2, -0.15) is 0 Å². The van der Waals surface area contributed by atoms with Crippen molar-refractivity contribution >= 4 is 0 Å². The number of aromatic nitrogens is 2. The van der Waals surface area contributed by atoms with Crippen molar-refractivity contribution in [2.75, 3.05) is 13.2 Å². The maximum atomic E-state index is 5.44. The van der Waals surface area contributed by atoms with Crippen LogP contribution in [0.15, 0.2) is 42.7 Å². The number of nitrogens with one attached hydrogen (secondary N) is 1. The van der Waals surface area contributed by atoms with Gasteiger partial charge < -0.3 is 14.6 Å². The fraction of sp³-hybridized carbons (Fsp3) is 0.438. The van der Waals surface area contributed by atoms with E-state index < -0.39 is 0 Å². The normalized spacial score (nSPS) is 18.1. The summed E-state index contributed by atoms with van der Waals surface area (Å²) in [4.78, 5) is 4.53. The third-order valence-corrected chi connectivity index (χ3v) is 3.87. The second-order valence-electron chi connectivity index (χ2n) is 5.29. The minimum absolute atomic E-state index is 0.138. The summed E-state index contributed by atoms with van der Waals surface area (Å²) in [7, 11) is 2.05. The Morgan fingerprint density at radius 3 is 2.65 bits per heavy atom. The Morgan fingerprint density at radius 1 is 1.25 bits per heavy atom. The molecule has 106 valence electrons. The second kappa shape index (κ2) is 6.20. The first-order chi connectivity index (χ1) is 9.84. The molecule has 0 bridgehead atoms. The van der Waals surface area contributed by atoms with Crippen LogP contribution in [0.1, 0.15) is 30.3 Å². The van der Waals surface area contributed by atoms with Crippen LogP contribution < -0.4 is 5.32 Å². The smallest absolute Gasteiger partial charge is 0.130 e. The van der Waals surface area contributed by atoms with Crippen LogP contribution >= 0.6 is 0 Å². The number of imidazole rings is 1. The number of ether oxygens (including phenoxy) is 1. The van der Waals surface area contributed by atoms with E-state index in [1.165, 1.54) is 5.56 Å². The molecule has 1 atom stereocenters. The minimum Gasteiger partial charge on any atom is -0.381 e. The summed E-state index contributed by atoms with van der Waals surface area (Å²) < 4.78 is 7.53. The third kappa shape index (κ3) is 2.92. The van der Waals surface area contributed by atoms with Gasteiger partial charge in [0.2, 0.25) is 0 Å². The van der Waals surface area contributed by atoms with Crippen molar-refractivity contribution in [1.29, 1.82) is 0 Å². The summed E-state index contributed by atoms with van der Waals surface area (Å²) in [5, 5.41) is 3.75. The molecule has 1 aromatic carbocycles. The lowest BCUT2D eigenvalue weighted by Crippen LogP contribution is -2.38. The van der Waals surface area contributed by atoms with E-state index in [1.807, 2.05) is 25.5 Å². The van der Waals surface area contributed by atoms with E-state index in [0.717, 1.165) is 31.9 Å². The molecule has 20 heavy (non-hydrogen) atoms. The highest BCUT2D eigenvalue weighted by Gasteiger charge is 2.23. The molecule has 3 rings (SSSR count). The Balaban J connectivity index is 1.85. The molecule has 2 heterocycles. The highest BCUT2D eigenvalue weighted by Crippen LogP contribution is 2.22. The zero-order valence-corrected chi connectivity index (χ0v) is 11.8. The van der Waals surface area contributed by atoms with Crippen molar-refractivity contribution in [1.82, 2.24) is 14.9 Å². The average Bonchev–Trinajstić information content (AvgIpc) is 2.93. The first kappa shape index (κ1) is 13.3. The van der Waals surface area contributed by atoms with Crippen molar-refractivity contribution in [2.45, 2.75) is 24.9 Å². The number of aryl methyl sites for hydroxylation is 1. The Kier molecular flexibility index (Phi) is 4.14. The number of rotatable bonds is 4. The maximum Gasteiger partial charge on any atom is 0.130 e. The zero-order chi connectivity index (χ0) is 13.8. The molecule has 1 saturated heterocycles. The third-order valence-electron chi connectivity index (χ3n) is 3.87. The Labute approximate surface area is 119 Å². The SMILES string of the molecule is Cn1ccnc1C(NC1CCOCC1)c1ccccc1. The minimum atomic E-state index is 0.138. The molecule has 0 radical (unpaired) electrons. The van der Waals surface area contributed by atoms with Crippen molar-refractivity contribution in [3.63, 3.8) is 0 Å². The molecule has 1 N–H and O–H groups in total. The van der Waals surface area contributed by atoms with Gasteiger partial charge in [0.1, 0.15) is 5.82 Å². The second-order valence-corrected chi connectivity index (χ2v) is 5.29. The van der Waals surface area contributed by atoms with Gasteiger partial charge in [0, 0.05) is 38.7 Å². The molecule has 0 amide bonds. The van der Waals surface area contributed by atoms with Crippen molar-refractivity contribution < 1.29 is 4.74 Å². The van der Waals surface area contributed by atoms with E-state index in [1.54, 1.807) is 0 Å².